The van der Waals surface area contributed by atoms with Crippen molar-refractivity contribution in [2.45, 2.75) is 6.54 Å². The summed E-state index contributed by atoms with van der Waals surface area (Å²) in [5.74, 6) is -0.603. The van der Waals surface area contributed by atoms with Crippen LogP contribution in [0.3, 0.4) is 0 Å². The van der Waals surface area contributed by atoms with E-state index in [0.717, 1.165) is 5.56 Å². The molecule has 8 nitrogen and oxygen atoms in total. The number of pyridine rings is 1. The number of non-ortho nitro benzene ring substituents is 1. The van der Waals surface area contributed by atoms with Crippen LogP contribution in [0.1, 0.15) is 5.56 Å². The summed E-state index contributed by atoms with van der Waals surface area (Å²) in [6, 6.07) is 10.8. The number of carbonyl (C=O) groups is 1. The van der Waals surface area contributed by atoms with Gasteiger partial charge in [0.1, 0.15) is 11.6 Å². The van der Waals surface area contributed by atoms with Crippen molar-refractivity contribution in [1.29, 1.82) is 5.26 Å². The van der Waals surface area contributed by atoms with E-state index < -0.39 is 10.8 Å². The van der Waals surface area contributed by atoms with E-state index in [1.54, 1.807) is 18.5 Å². The molecule has 0 saturated heterocycles. The third-order valence-corrected chi connectivity index (χ3v) is 3.00. The molecule has 2 rings (SSSR count). The topological polar surface area (TPSA) is 121 Å². The lowest BCUT2D eigenvalue weighted by Gasteiger charge is -2.05. The molecule has 0 aliphatic carbocycles. The number of hydrogen-bond acceptors (Lipinski definition) is 6. The van der Waals surface area contributed by atoms with E-state index in [1.807, 2.05) is 12.1 Å². The van der Waals surface area contributed by atoms with Gasteiger partial charge in [0, 0.05) is 43.0 Å². The van der Waals surface area contributed by atoms with Crippen molar-refractivity contribution in [3.05, 3.63) is 76.2 Å². The van der Waals surface area contributed by atoms with E-state index in [4.69, 9.17) is 5.26 Å². The fraction of sp³-hybridized carbons (Fsp3) is 0.0625. The second-order valence-electron chi connectivity index (χ2n) is 4.66. The number of nitro groups is 1. The Labute approximate surface area is 137 Å². The van der Waals surface area contributed by atoms with E-state index >= 15 is 0 Å². The van der Waals surface area contributed by atoms with Crippen LogP contribution in [0.15, 0.2) is 60.6 Å². The monoisotopic (exact) mass is 323 g/mol. The summed E-state index contributed by atoms with van der Waals surface area (Å²) >= 11 is 0. The van der Waals surface area contributed by atoms with Crippen molar-refractivity contribution in [1.82, 2.24) is 10.3 Å². The largest absolute Gasteiger partial charge is 0.386 e. The van der Waals surface area contributed by atoms with Gasteiger partial charge in [0.05, 0.1) is 4.92 Å². The number of carbonyl (C=O) groups excluding carboxylic acids is 1. The Morgan fingerprint density at radius 3 is 2.50 bits per heavy atom. The Morgan fingerprint density at radius 1 is 1.25 bits per heavy atom. The average molecular weight is 323 g/mol. The summed E-state index contributed by atoms with van der Waals surface area (Å²) in [6.45, 7) is 0.443. The first-order chi connectivity index (χ1) is 11.6. The fourth-order valence-corrected chi connectivity index (χ4v) is 1.79. The van der Waals surface area contributed by atoms with Crippen LogP contribution in [0.5, 0.6) is 0 Å². The zero-order valence-electron chi connectivity index (χ0n) is 12.5. The summed E-state index contributed by atoms with van der Waals surface area (Å²) in [5, 5.41) is 25.0. The number of nitriles is 1. The highest BCUT2D eigenvalue weighted by Gasteiger charge is 2.10. The molecule has 0 saturated carbocycles. The van der Waals surface area contributed by atoms with Gasteiger partial charge in [-0.3, -0.25) is 19.9 Å². The van der Waals surface area contributed by atoms with Crippen molar-refractivity contribution in [3.63, 3.8) is 0 Å². The van der Waals surface area contributed by atoms with Crippen molar-refractivity contribution < 1.29 is 9.72 Å². The molecule has 1 amide bonds. The molecule has 0 aliphatic rings. The van der Waals surface area contributed by atoms with Gasteiger partial charge in [-0.05, 0) is 29.8 Å². The molecule has 0 unspecified atom stereocenters. The lowest BCUT2D eigenvalue weighted by atomic mass is 10.2. The Hall–Kier alpha value is -3.73. The van der Waals surface area contributed by atoms with Gasteiger partial charge < -0.3 is 10.6 Å². The van der Waals surface area contributed by atoms with Crippen LogP contribution in [0.25, 0.3) is 0 Å². The molecule has 0 fully saturated rings. The minimum Gasteiger partial charge on any atom is -0.386 e. The van der Waals surface area contributed by atoms with Crippen LogP contribution in [0.4, 0.5) is 11.4 Å². The lowest BCUT2D eigenvalue weighted by Crippen LogP contribution is -2.16. The lowest BCUT2D eigenvalue weighted by molar-refractivity contribution is -0.384. The standard InChI is InChI=1S/C16H13N5O3/c17-9-13(11-19-10-12-5-7-18-8-6-12)16(22)20-14-1-3-15(4-2-14)21(23)24/h1-8,11,19H,10H2,(H,20,22)/b13-11-. The van der Waals surface area contributed by atoms with Gasteiger partial charge >= 0.3 is 0 Å². The molecule has 1 aromatic heterocycles. The maximum absolute atomic E-state index is 12.0. The highest BCUT2D eigenvalue weighted by Crippen LogP contribution is 2.15. The van der Waals surface area contributed by atoms with Gasteiger partial charge in [-0.2, -0.15) is 5.26 Å². The Morgan fingerprint density at radius 2 is 1.92 bits per heavy atom. The molecule has 2 N–H and O–H groups in total. The van der Waals surface area contributed by atoms with Crippen LogP contribution in [0, 0.1) is 21.4 Å². The van der Waals surface area contributed by atoms with Gasteiger partial charge in [0.15, 0.2) is 0 Å². The van der Waals surface area contributed by atoms with E-state index in [1.165, 1.54) is 30.5 Å². The first-order valence-corrected chi connectivity index (χ1v) is 6.88. The number of rotatable bonds is 6. The maximum atomic E-state index is 12.0. The number of amides is 1. The van der Waals surface area contributed by atoms with Gasteiger partial charge in [0.2, 0.25) is 0 Å². The number of anilines is 1. The molecule has 1 heterocycles. The molecule has 1 aromatic carbocycles. The predicted molar refractivity (Wildman–Crippen MR) is 86.5 cm³/mol. The molecule has 0 bridgehead atoms. The third kappa shape index (κ3) is 4.64. The van der Waals surface area contributed by atoms with Crippen molar-refractivity contribution >= 4 is 17.3 Å². The maximum Gasteiger partial charge on any atom is 0.269 e. The number of nitrogens with zero attached hydrogens (tertiary/aromatic N) is 3. The minimum absolute atomic E-state index is 0.0805. The molecule has 0 spiro atoms. The van der Waals surface area contributed by atoms with Crippen LogP contribution >= 0.6 is 0 Å². The van der Waals surface area contributed by atoms with E-state index in [2.05, 4.69) is 15.6 Å². The molecule has 0 radical (unpaired) electrons. The van der Waals surface area contributed by atoms with E-state index in [9.17, 15) is 14.9 Å². The second kappa shape index (κ2) is 8.05. The molecule has 0 atom stereocenters. The molecule has 120 valence electrons. The number of hydrogen-bond donors (Lipinski definition) is 2. The Balaban J connectivity index is 1.96. The van der Waals surface area contributed by atoms with Crippen LogP contribution in [-0.2, 0) is 11.3 Å². The van der Waals surface area contributed by atoms with Gasteiger partial charge in [-0.1, -0.05) is 0 Å². The van der Waals surface area contributed by atoms with Gasteiger partial charge in [-0.25, -0.2) is 0 Å². The Kier molecular flexibility index (Phi) is 5.58. The Bertz CT molecular complexity index is 795. The fourth-order valence-electron chi connectivity index (χ4n) is 1.79. The smallest absolute Gasteiger partial charge is 0.269 e. The SMILES string of the molecule is N#C/C(=C/NCc1ccncc1)C(=O)Nc1ccc([N+](=O)[O-])cc1. The molecular formula is C16H13N5O3. The summed E-state index contributed by atoms with van der Waals surface area (Å²) in [5.41, 5.74) is 1.13. The first kappa shape index (κ1) is 16.6. The quantitative estimate of drug-likeness (QED) is 0.363. The highest BCUT2D eigenvalue weighted by molar-refractivity contribution is 6.06. The van der Waals surface area contributed by atoms with Crippen molar-refractivity contribution in [2.24, 2.45) is 0 Å². The number of aromatic nitrogens is 1. The number of nitro benzene ring substituents is 1. The minimum atomic E-state index is -0.603. The average Bonchev–Trinajstić information content (AvgIpc) is 2.60. The number of nitrogens with one attached hydrogen (secondary N) is 2. The van der Waals surface area contributed by atoms with Crippen molar-refractivity contribution in [2.75, 3.05) is 5.32 Å². The van der Waals surface area contributed by atoms with Crippen LogP contribution < -0.4 is 10.6 Å². The normalized spacial score (nSPS) is 10.5. The van der Waals surface area contributed by atoms with Gasteiger partial charge in [0.25, 0.3) is 11.6 Å². The molecule has 0 aliphatic heterocycles. The van der Waals surface area contributed by atoms with E-state index in [-0.39, 0.29) is 11.3 Å². The van der Waals surface area contributed by atoms with Crippen LogP contribution in [0.2, 0.25) is 0 Å². The third-order valence-electron chi connectivity index (χ3n) is 3.00. The predicted octanol–water partition coefficient (Wildman–Crippen LogP) is 2.13. The first-order valence-electron chi connectivity index (χ1n) is 6.88. The summed E-state index contributed by atoms with van der Waals surface area (Å²) in [6.07, 6.45) is 4.61. The zero-order chi connectivity index (χ0) is 17.4. The molecule has 8 heteroatoms. The van der Waals surface area contributed by atoms with Gasteiger partial charge in [-0.15, -0.1) is 0 Å². The molecule has 24 heavy (non-hydrogen) atoms. The molecule has 2 aromatic rings. The molecular weight excluding hydrogens is 310 g/mol. The van der Waals surface area contributed by atoms with Crippen LogP contribution in [-0.4, -0.2) is 15.8 Å². The second-order valence-corrected chi connectivity index (χ2v) is 4.66. The van der Waals surface area contributed by atoms with E-state index in [0.29, 0.717) is 12.2 Å². The summed E-state index contributed by atoms with van der Waals surface area (Å²) in [7, 11) is 0. The highest BCUT2D eigenvalue weighted by atomic mass is 16.6. The summed E-state index contributed by atoms with van der Waals surface area (Å²) < 4.78 is 0. The zero-order valence-corrected chi connectivity index (χ0v) is 12.5. The number of benzene rings is 1. The van der Waals surface area contributed by atoms with Crippen molar-refractivity contribution in [3.8, 4) is 6.07 Å². The summed E-state index contributed by atoms with van der Waals surface area (Å²) in [4.78, 5) is 26.0.